The third kappa shape index (κ3) is 12.1. The Morgan fingerprint density at radius 3 is 2.11 bits per heavy atom. The Hall–Kier alpha value is -3.34. The molecule has 0 fully saturated rings. The first kappa shape index (κ1) is 29.7. The standard InChI is InChI=1S/C24H35NO10/c1-5-8-9-10-21(26)32-15-16(4)33-22(27)18(25)13-17-11-12-19(34-23(28)30-6-2)20(14-17)35-24(29)31-7-3/h11-12,14,16,18H,5-10,13,15,25H2,1-4H3/t16-,18-/m0/s1. The number of hydrogen-bond donors (Lipinski definition) is 1. The Morgan fingerprint density at radius 2 is 1.51 bits per heavy atom. The Morgan fingerprint density at radius 1 is 0.886 bits per heavy atom. The van der Waals surface area contributed by atoms with Crippen LogP contribution in [0.15, 0.2) is 18.2 Å². The van der Waals surface area contributed by atoms with Gasteiger partial charge in [0.2, 0.25) is 0 Å². The van der Waals surface area contributed by atoms with Crippen LogP contribution in [0.5, 0.6) is 11.5 Å². The van der Waals surface area contributed by atoms with Crippen LogP contribution in [0.2, 0.25) is 0 Å². The molecule has 0 amide bonds. The smallest absolute Gasteiger partial charge is 0.462 e. The average molecular weight is 498 g/mol. The van der Waals surface area contributed by atoms with Crippen molar-refractivity contribution in [1.82, 2.24) is 0 Å². The summed E-state index contributed by atoms with van der Waals surface area (Å²) in [4.78, 5) is 47.5. The van der Waals surface area contributed by atoms with E-state index in [2.05, 4.69) is 0 Å². The van der Waals surface area contributed by atoms with Gasteiger partial charge in [-0.2, -0.15) is 0 Å². The summed E-state index contributed by atoms with van der Waals surface area (Å²) in [6.45, 7) is 6.95. The molecule has 2 N–H and O–H groups in total. The number of nitrogens with two attached hydrogens (primary N) is 1. The molecule has 0 radical (unpaired) electrons. The van der Waals surface area contributed by atoms with E-state index in [4.69, 9.17) is 34.2 Å². The van der Waals surface area contributed by atoms with Gasteiger partial charge in [-0.15, -0.1) is 0 Å². The summed E-state index contributed by atoms with van der Waals surface area (Å²) in [6, 6.07) is 3.26. The molecule has 1 aromatic rings. The van der Waals surface area contributed by atoms with Gasteiger partial charge in [0.1, 0.15) is 18.8 Å². The maximum absolute atomic E-state index is 12.4. The molecule has 0 aliphatic rings. The van der Waals surface area contributed by atoms with Crippen LogP contribution in [0.1, 0.15) is 58.9 Å². The van der Waals surface area contributed by atoms with Gasteiger partial charge in [0.15, 0.2) is 11.5 Å². The Bertz CT molecular complexity index is 842. The van der Waals surface area contributed by atoms with Crippen LogP contribution in [-0.2, 0) is 35.0 Å². The van der Waals surface area contributed by atoms with E-state index in [9.17, 15) is 19.2 Å². The van der Waals surface area contributed by atoms with Gasteiger partial charge < -0.3 is 34.2 Å². The molecule has 0 spiro atoms. The quantitative estimate of drug-likeness (QED) is 0.173. The number of benzene rings is 1. The van der Waals surface area contributed by atoms with Crippen molar-refractivity contribution in [2.24, 2.45) is 5.73 Å². The first-order valence-corrected chi connectivity index (χ1v) is 11.6. The number of ether oxygens (including phenoxy) is 6. The Labute approximate surface area is 205 Å². The number of hydrogen-bond acceptors (Lipinski definition) is 11. The molecule has 0 bridgehead atoms. The first-order valence-electron chi connectivity index (χ1n) is 11.6. The maximum atomic E-state index is 12.4. The summed E-state index contributed by atoms with van der Waals surface area (Å²) >= 11 is 0. The molecular weight excluding hydrogens is 462 g/mol. The minimum atomic E-state index is -1.05. The maximum Gasteiger partial charge on any atom is 0.513 e. The van der Waals surface area contributed by atoms with Crippen LogP contribution < -0.4 is 15.2 Å². The molecule has 1 aromatic carbocycles. The van der Waals surface area contributed by atoms with Crippen molar-refractivity contribution in [2.45, 2.75) is 71.9 Å². The minimum Gasteiger partial charge on any atom is -0.462 e. The lowest BCUT2D eigenvalue weighted by Gasteiger charge is -2.17. The third-order valence-corrected chi connectivity index (χ3v) is 4.46. The Kier molecular flexibility index (Phi) is 13.8. The summed E-state index contributed by atoms with van der Waals surface area (Å²) in [5.74, 6) is -1.23. The number of esters is 2. The summed E-state index contributed by atoms with van der Waals surface area (Å²) in [7, 11) is 0. The predicted molar refractivity (Wildman–Crippen MR) is 124 cm³/mol. The number of unbranched alkanes of at least 4 members (excludes halogenated alkanes) is 2. The van der Waals surface area contributed by atoms with E-state index in [1.165, 1.54) is 12.1 Å². The van der Waals surface area contributed by atoms with E-state index < -0.39 is 30.4 Å². The largest absolute Gasteiger partial charge is 0.513 e. The summed E-state index contributed by atoms with van der Waals surface area (Å²) in [5.41, 5.74) is 6.47. The topological polar surface area (TPSA) is 150 Å². The van der Waals surface area contributed by atoms with Crippen LogP contribution in [0.25, 0.3) is 0 Å². The highest BCUT2D eigenvalue weighted by molar-refractivity contribution is 5.76. The molecular formula is C24H35NO10. The second-order valence-corrected chi connectivity index (χ2v) is 7.55. The van der Waals surface area contributed by atoms with E-state index in [-0.39, 0.29) is 43.7 Å². The van der Waals surface area contributed by atoms with E-state index in [0.29, 0.717) is 12.0 Å². The summed E-state index contributed by atoms with van der Waals surface area (Å²) < 4.78 is 30.0. The van der Waals surface area contributed by atoms with E-state index in [1.807, 2.05) is 6.92 Å². The highest BCUT2D eigenvalue weighted by Gasteiger charge is 2.22. The van der Waals surface area contributed by atoms with Gasteiger partial charge in [-0.1, -0.05) is 25.8 Å². The lowest BCUT2D eigenvalue weighted by atomic mass is 10.1. The fraction of sp³-hybridized carbons (Fsp3) is 0.583. The van der Waals surface area contributed by atoms with E-state index in [0.717, 1.165) is 19.3 Å². The lowest BCUT2D eigenvalue weighted by molar-refractivity contribution is -0.159. The molecule has 35 heavy (non-hydrogen) atoms. The predicted octanol–water partition coefficient (Wildman–Crippen LogP) is 3.68. The second-order valence-electron chi connectivity index (χ2n) is 7.55. The lowest BCUT2D eigenvalue weighted by Crippen LogP contribution is -2.37. The molecule has 0 aromatic heterocycles. The first-order chi connectivity index (χ1) is 16.7. The average Bonchev–Trinajstić information content (AvgIpc) is 2.79. The van der Waals surface area contributed by atoms with Crippen LogP contribution >= 0.6 is 0 Å². The zero-order valence-corrected chi connectivity index (χ0v) is 20.7. The van der Waals surface area contributed by atoms with Gasteiger partial charge in [-0.25, -0.2) is 9.59 Å². The monoisotopic (exact) mass is 497 g/mol. The fourth-order valence-corrected chi connectivity index (χ4v) is 2.78. The number of carbonyl (C=O) groups is 4. The van der Waals surface area contributed by atoms with Crippen LogP contribution in [0, 0.1) is 0 Å². The molecule has 0 saturated carbocycles. The highest BCUT2D eigenvalue weighted by Crippen LogP contribution is 2.30. The fourth-order valence-electron chi connectivity index (χ4n) is 2.78. The molecule has 0 aliphatic carbocycles. The third-order valence-electron chi connectivity index (χ3n) is 4.46. The van der Waals surface area contributed by atoms with Crippen molar-refractivity contribution in [3.05, 3.63) is 23.8 Å². The van der Waals surface area contributed by atoms with Gasteiger partial charge in [-0.05, 0) is 51.3 Å². The van der Waals surface area contributed by atoms with Gasteiger partial charge in [0.25, 0.3) is 0 Å². The van der Waals surface area contributed by atoms with E-state index >= 15 is 0 Å². The number of carbonyl (C=O) groups excluding carboxylic acids is 4. The van der Waals surface area contributed by atoms with Crippen LogP contribution in [0.3, 0.4) is 0 Å². The number of rotatable bonds is 14. The zero-order valence-electron chi connectivity index (χ0n) is 20.7. The van der Waals surface area contributed by atoms with Gasteiger partial charge >= 0.3 is 24.2 Å². The van der Waals surface area contributed by atoms with Crippen molar-refractivity contribution < 1.29 is 47.6 Å². The van der Waals surface area contributed by atoms with E-state index in [1.54, 1.807) is 26.8 Å². The molecule has 11 heteroatoms. The van der Waals surface area contributed by atoms with Gasteiger partial charge in [0, 0.05) is 6.42 Å². The van der Waals surface area contributed by atoms with Gasteiger partial charge in [0.05, 0.1) is 13.2 Å². The normalized spacial score (nSPS) is 12.1. The molecule has 0 aliphatic heterocycles. The van der Waals surface area contributed by atoms with Crippen molar-refractivity contribution in [3.8, 4) is 11.5 Å². The zero-order chi connectivity index (χ0) is 26.2. The van der Waals surface area contributed by atoms with Crippen LogP contribution in [-0.4, -0.2) is 56.2 Å². The molecule has 0 saturated heterocycles. The molecule has 0 unspecified atom stereocenters. The summed E-state index contributed by atoms with van der Waals surface area (Å²) in [6.07, 6.45) is 0.385. The van der Waals surface area contributed by atoms with Crippen molar-refractivity contribution in [1.29, 1.82) is 0 Å². The molecule has 2 atom stereocenters. The highest BCUT2D eigenvalue weighted by atomic mass is 16.7. The van der Waals surface area contributed by atoms with Crippen molar-refractivity contribution >= 4 is 24.2 Å². The second kappa shape index (κ2) is 16.3. The molecule has 0 heterocycles. The molecule has 196 valence electrons. The summed E-state index contributed by atoms with van der Waals surface area (Å²) in [5, 5.41) is 0. The van der Waals surface area contributed by atoms with Gasteiger partial charge in [-0.3, -0.25) is 9.59 Å². The van der Waals surface area contributed by atoms with Crippen LogP contribution in [0.4, 0.5) is 9.59 Å². The Balaban J connectivity index is 2.73. The minimum absolute atomic E-state index is 0.0290. The molecule has 1 rings (SSSR count). The van der Waals surface area contributed by atoms with Crippen molar-refractivity contribution in [3.63, 3.8) is 0 Å². The van der Waals surface area contributed by atoms with Crippen molar-refractivity contribution in [2.75, 3.05) is 19.8 Å². The molecule has 11 nitrogen and oxygen atoms in total. The SMILES string of the molecule is CCCCCC(=O)OC[C@H](C)OC(=O)[C@@H](N)Cc1ccc(OC(=O)OCC)c(OC(=O)OCC)c1.